The van der Waals surface area contributed by atoms with Gasteiger partial charge in [-0.25, -0.2) is 9.55 Å². The maximum Gasteiger partial charge on any atom is 0.488 e. The highest BCUT2D eigenvalue weighted by molar-refractivity contribution is 7.30. The van der Waals surface area contributed by atoms with Crippen molar-refractivity contribution in [2.24, 2.45) is 7.05 Å². The van der Waals surface area contributed by atoms with Crippen LogP contribution in [0.1, 0.15) is 5.82 Å². The molecule has 0 aliphatic rings. The first-order chi connectivity index (χ1) is 6.61. The summed E-state index contributed by atoms with van der Waals surface area (Å²) < 4.78 is 14.9. The second kappa shape index (κ2) is 7.38. The Hall–Kier alpha value is -1.03. The Morgan fingerprint density at radius 2 is 2.43 bits per heavy atom. The zero-order valence-corrected chi connectivity index (χ0v) is 9.16. The van der Waals surface area contributed by atoms with Gasteiger partial charge in [-0.2, -0.15) is 4.52 Å². The van der Waals surface area contributed by atoms with Crippen LogP contribution in [0.2, 0.25) is 0 Å². The van der Waals surface area contributed by atoms with Gasteiger partial charge in [0.05, 0.1) is 20.6 Å². The van der Waals surface area contributed by atoms with Crippen molar-refractivity contribution in [3.05, 3.63) is 30.9 Å². The first-order valence-electron chi connectivity index (χ1n) is 3.93. The molecule has 0 saturated heterocycles. The summed E-state index contributed by atoms with van der Waals surface area (Å²) in [6.45, 7) is 3.64. The molecule has 0 spiro atoms. The van der Waals surface area contributed by atoms with Crippen molar-refractivity contribution < 1.29 is 18.5 Å². The molecule has 0 saturated carbocycles. The van der Waals surface area contributed by atoms with Crippen LogP contribution < -0.4 is 9.46 Å². The lowest BCUT2D eigenvalue weighted by Crippen LogP contribution is -2.29. The molecule has 1 heterocycles. The van der Waals surface area contributed by atoms with Gasteiger partial charge in [0.25, 0.3) is 5.82 Å². The first kappa shape index (κ1) is 13.0. The quantitative estimate of drug-likeness (QED) is 0.447. The Kier molecular flexibility index (Phi) is 6.84. The van der Waals surface area contributed by atoms with E-state index in [0.717, 1.165) is 13.5 Å². The van der Waals surface area contributed by atoms with E-state index in [1.165, 1.54) is 5.82 Å². The minimum atomic E-state index is -2.60. The van der Waals surface area contributed by atoms with Crippen molar-refractivity contribution in [3.8, 4) is 0 Å². The van der Waals surface area contributed by atoms with Crippen LogP contribution in [0.5, 0.6) is 0 Å². The molecule has 0 aliphatic carbocycles. The summed E-state index contributed by atoms with van der Waals surface area (Å²) >= 11 is 0. The molecule has 14 heavy (non-hydrogen) atoms. The monoisotopic (exact) mass is 217 g/mol. The third kappa shape index (κ3) is 5.59. The van der Waals surface area contributed by atoms with Gasteiger partial charge >= 0.3 is 8.25 Å². The lowest BCUT2D eigenvalue weighted by Gasteiger charge is -1.85. The molecule has 0 fully saturated rings. The summed E-state index contributed by atoms with van der Waals surface area (Å²) in [6.07, 6.45) is 6.69. The van der Waals surface area contributed by atoms with Crippen molar-refractivity contribution in [2.75, 3.05) is 7.11 Å². The Balaban J connectivity index is 0.000000292. The van der Waals surface area contributed by atoms with Gasteiger partial charge in [0, 0.05) is 0 Å². The van der Waals surface area contributed by atoms with E-state index in [2.05, 4.69) is 16.1 Å². The topological polar surface area (TPSA) is 69.0 Å². The minimum absolute atomic E-state index is 0.906. The summed E-state index contributed by atoms with van der Waals surface area (Å²) in [5.74, 6) is 1.19. The Bertz CT molecular complexity index is 299. The predicted octanol–water partition coefficient (Wildman–Crippen LogP) is 0.218. The third-order valence-electron chi connectivity index (χ3n) is 1.46. The number of nitrogens with zero attached hydrogens (tertiary/aromatic N) is 1. The molecule has 0 aromatic carbocycles. The number of aromatic amines is 1. The zero-order chi connectivity index (χ0) is 11.0. The second-order valence-corrected chi connectivity index (χ2v) is 3.23. The summed E-state index contributed by atoms with van der Waals surface area (Å²) in [6, 6.07) is 0. The molecule has 1 atom stereocenters. The molecule has 0 aliphatic heterocycles. The van der Waals surface area contributed by atoms with Gasteiger partial charge in [-0.05, 0) is 4.57 Å². The first-order valence-corrected chi connectivity index (χ1v) is 5.02. The zero-order valence-electron chi connectivity index (χ0n) is 8.27. The van der Waals surface area contributed by atoms with Crippen LogP contribution >= 0.6 is 8.25 Å². The Morgan fingerprint density at radius 3 is 2.71 bits per heavy atom. The highest BCUT2D eigenvalue weighted by Gasteiger charge is 2.00. The fourth-order valence-electron chi connectivity index (χ4n) is 0.777. The largest absolute Gasteiger partial charge is 0.566 e. The molecule has 1 aromatic rings. The van der Waals surface area contributed by atoms with Gasteiger partial charge in [0.1, 0.15) is 12.4 Å². The fraction of sp³-hybridized carbons (Fsp3) is 0.375. The van der Waals surface area contributed by atoms with E-state index in [0.29, 0.717) is 0 Å². The molecule has 6 heteroatoms. The summed E-state index contributed by atoms with van der Waals surface area (Å²) in [4.78, 5) is 12.3. The van der Waals surface area contributed by atoms with E-state index >= 15 is 0 Å². The minimum Gasteiger partial charge on any atom is -0.566 e. The number of H-pyrrole nitrogens is 1. The van der Waals surface area contributed by atoms with E-state index in [-0.39, 0.29) is 0 Å². The van der Waals surface area contributed by atoms with Crippen molar-refractivity contribution in [1.82, 2.24) is 4.98 Å². The number of aryl methyl sites for hydroxylation is 1. The second-order valence-electron chi connectivity index (χ2n) is 2.42. The van der Waals surface area contributed by atoms with Gasteiger partial charge in [0.15, 0.2) is 0 Å². The van der Waals surface area contributed by atoms with Crippen molar-refractivity contribution in [1.29, 1.82) is 0 Å². The number of imidazole rings is 1. The van der Waals surface area contributed by atoms with Crippen LogP contribution in [-0.4, -0.2) is 12.1 Å². The molecule has 1 rings (SSSR count). The molecule has 0 amide bonds. The number of aromatic nitrogens is 2. The van der Waals surface area contributed by atoms with Crippen LogP contribution in [0.3, 0.4) is 0 Å². The molecule has 78 valence electrons. The molecule has 5 nitrogen and oxygen atoms in total. The van der Waals surface area contributed by atoms with Crippen LogP contribution in [0.15, 0.2) is 25.0 Å². The van der Waals surface area contributed by atoms with E-state index in [1.807, 2.05) is 30.1 Å². The number of nitrogens with one attached hydrogen (secondary N) is 1. The lowest BCUT2D eigenvalue weighted by atomic mass is 10.4. The fourth-order valence-corrected chi connectivity index (χ4v) is 0.777. The van der Waals surface area contributed by atoms with E-state index in [9.17, 15) is 9.46 Å². The summed E-state index contributed by atoms with van der Waals surface area (Å²) in [5, 5.41) is 0. The number of rotatable bonds is 3. The van der Waals surface area contributed by atoms with Crippen LogP contribution in [0.25, 0.3) is 0 Å². The van der Waals surface area contributed by atoms with Gasteiger partial charge in [-0.15, -0.1) is 6.58 Å². The molecule has 0 bridgehead atoms. The van der Waals surface area contributed by atoms with E-state index < -0.39 is 8.25 Å². The van der Waals surface area contributed by atoms with Gasteiger partial charge < -0.3 is 4.89 Å². The normalized spacial score (nSPS) is 10.1. The van der Waals surface area contributed by atoms with Crippen LogP contribution in [0.4, 0.5) is 0 Å². The standard InChI is InChI=1S/C7H10N2.CH3O3P/c1-3-4-7-8-5-6-9(7)2;1-4-5(2)3/h3,5-6H,1,4H2,2H3;1H3/p+1. The lowest BCUT2D eigenvalue weighted by molar-refractivity contribution is -0.677. The highest BCUT2D eigenvalue weighted by atomic mass is 31.1. The third-order valence-corrected chi connectivity index (χ3v) is 1.76. The molecule has 1 aromatic heterocycles. The van der Waals surface area contributed by atoms with Crippen molar-refractivity contribution in [2.45, 2.75) is 6.42 Å². The number of hydrogen-bond donors (Lipinski definition) is 1. The SMILES string of the molecule is C=CCc1[nH]cc[n+]1C.CO[P+](=O)[O-]. The summed E-state index contributed by atoms with van der Waals surface area (Å²) in [5.41, 5.74) is 0. The van der Waals surface area contributed by atoms with E-state index in [4.69, 9.17) is 0 Å². The Morgan fingerprint density at radius 1 is 1.86 bits per heavy atom. The maximum absolute atomic E-state index is 9.18. The maximum atomic E-state index is 9.18. The number of hydrogen-bond acceptors (Lipinski definition) is 3. The molecular formula is C8H14N2O3P+. The van der Waals surface area contributed by atoms with E-state index in [1.54, 1.807) is 0 Å². The highest BCUT2D eigenvalue weighted by Crippen LogP contribution is 2.02. The smallest absolute Gasteiger partial charge is 0.488 e. The average molecular weight is 217 g/mol. The van der Waals surface area contributed by atoms with Crippen LogP contribution in [0, 0.1) is 0 Å². The molecule has 1 N–H and O–H groups in total. The molecule has 1 unspecified atom stereocenters. The van der Waals surface area contributed by atoms with Gasteiger partial charge in [0.2, 0.25) is 0 Å². The number of allylic oxidation sites excluding steroid dienone is 1. The predicted molar refractivity (Wildman–Crippen MR) is 50.5 cm³/mol. The van der Waals surface area contributed by atoms with Crippen LogP contribution in [-0.2, 0) is 22.6 Å². The van der Waals surface area contributed by atoms with Gasteiger partial charge in [-0.3, -0.25) is 0 Å². The molecular weight excluding hydrogens is 203 g/mol. The Labute approximate surface area is 84.0 Å². The van der Waals surface area contributed by atoms with Crippen molar-refractivity contribution in [3.63, 3.8) is 0 Å². The summed E-state index contributed by atoms with van der Waals surface area (Å²) in [7, 11) is 0.514. The van der Waals surface area contributed by atoms with Gasteiger partial charge in [-0.1, -0.05) is 6.08 Å². The average Bonchev–Trinajstić information content (AvgIpc) is 2.54. The molecule has 0 radical (unpaired) electrons. The van der Waals surface area contributed by atoms with Crippen molar-refractivity contribution >= 4 is 8.25 Å².